The van der Waals surface area contributed by atoms with Crippen molar-refractivity contribution in [2.75, 3.05) is 13.6 Å². The van der Waals surface area contributed by atoms with E-state index in [0.717, 1.165) is 26.1 Å². The number of aromatic nitrogens is 1. The van der Waals surface area contributed by atoms with Gasteiger partial charge in [0.1, 0.15) is 0 Å². The second-order valence-electron chi connectivity index (χ2n) is 7.37. The van der Waals surface area contributed by atoms with Crippen molar-refractivity contribution in [1.29, 1.82) is 0 Å². The standard InChI is InChI=1S/C23H26N4O/c1-24-23(28)22-13-20(16-27(22)15-17-9-11-25-12-10-17)26-14-19-7-4-6-18-5-2-3-8-21(18)19/h2-12,20,22,26H,13-16H2,1H3,(H,24,28)/t20-,22+/m1/s1. The Kier molecular flexibility index (Phi) is 5.65. The summed E-state index contributed by atoms with van der Waals surface area (Å²) in [5.41, 5.74) is 2.47. The molecule has 1 aromatic heterocycles. The summed E-state index contributed by atoms with van der Waals surface area (Å²) in [6, 6.07) is 19.1. The number of hydrogen-bond acceptors (Lipinski definition) is 4. The number of carbonyl (C=O) groups excluding carboxylic acids is 1. The molecule has 2 atom stereocenters. The van der Waals surface area contributed by atoms with Gasteiger partial charge in [0.25, 0.3) is 0 Å². The Morgan fingerprint density at radius 1 is 1.11 bits per heavy atom. The van der Waals surface area contributed by atoms with E-state index in [9.17, 15) is 4.79 Å². The number of rotatable bonds is 6. The Hall–Kier alpha value is -2.76. The maximum absolute atomic E-state index is 12.4. The van der Waals surface area contributed by atoms with E-state index in [1.165, 1.54) is 21.9 Å². The lowest BCUT2D eigenvalue weighted by Gasteiger charge is -2.22. The minimum atomic E-state index is -0.108. The van der Waals surface area contributed by atoms with Crippen LogP contribution in [0.1, 0.15) is 17.5 Å². The van der Waals surface area contributed by atoms with Gasteiger partial charge in [-0.3, -0.25) is 14.7 Å². The molecule has 1 aliphatic rings. The summed E-state index contributed by atoms with van der Waals surface area (Å²) in [4.78, 5) is 18.8. The fraction of sp³-hybridized carbons (Fsp3) is 0.304. The van der Waals surface area contributed by atoms with Crippen LogP contribution < -0.4 is 10.6 Å². The van der Waals surface area contributed by atoms with Crippen LogP contribution in [0.3, 0.4) is 0 Å². The minimum absolute atomic E-state index is 0.0866. The molecule has 0 radical (unpaired) electrons. The van der Waals surface area contributed by atoms with Gasteiger partial charge in [0.2, 0.25) is 5.91 Å². The molecule has 2 heterocycles. The molecule has 4 rings (SSSR count). The van der Waals surface area contributed by atoms with Crippen molar-refractivity contribution in [2.24, 2.45) is 0 Å². The van der Waals surface area contributed by atoms with Gasteiger partial charge < -0.3 is 10.6 Å². The highest BCUT2D eigenvalue weighted by Gasteiger charge is 2.36. The van der Waals surface area contributed by atoms with Gasteiger partial charge in [-0.25, -0.2) is 0 Å². The molecule has 0 spiro atoms. The number of nitrogens with one attached hydrogen (secondary N) is 2. The topological polar surface area (TPSA) is 57.3 Å². The molecular formula is C23H26N4O. The third kappa shape index (κ3) is 4.06. The first-order valence-corrected chi connectivity index (χ1v) is 9.79. The van der Waals surface area contributed by atoms with Crippen molar-refractivity contribution < 1.29 is 4.79 Å². The van der Waals surface area contributed by atoms with Crippen LogP contribution in [0.5, 0.6) is 0 Å². The summed E-state index contributed by atoms with van der Waals surface area (Å²) in [5.74, 6) is 0.0866. The number of fused-ring (bicyclic) bond motifs is 1. The van der Waals surface area contributed by atoms with Crippen molar-refractivity contribution in [3.8, 4) is 0 Å². The summed E-state index contributed by atoms with van der Waals surface area (Å²) in [7, 11) is 1.71. The predicted octanol–water partition coefficient (Wildman–Crippen LogP) is 2.71. The number of nitrogens with zero attached hydrogens (tertiary/aromatic N) is 2. The highest BCUT2D eigenvalue weighted by Crippen LogP contribution is 2.23. The molecule has 144 valence electrons. The molecule has 0 bridgehead atoms. The van der Waals surface area contributed by atoms with Gasteiger partial charge in [-0.2, -0.15) is 0 Å². The molecule has 0 unspecified atom stereocenters. The molecule has 1 saturated heterocycles. The lowest BCUT2D eigenvalue weighted by atomic mass is 10.0. The Morgan fingerprint density at radius 3 is 2.71 bits per heavy atom. The molecular weight excluding hydrogens is 348 g/mol. The molecule has 0 saturated carbocycles. The fourth-order valence-corrected chi connectivity index (χ4v) is 4.09. The Bertz CT molecular complexity index is 938. The SMILES string of the molecule is CNC(=O)[C@@H]1C[C@@H](NCc2cccc3ccccc23)CN1Cc1ccncc1. The first kappa shape index (κ1) is 18.6. The van der Waals surface area contributed by atoms with E-state index in [1.54, 1.807) is 19.4 Å². The normalized spacial score (nSPS) is 19.8. The maximum Gasteiger partial charge on any atom is 0.237 e. The first-order valence-electron chi connectivity index (χ1n) is 9.79. The van der Waals surface area contributed by atoms with Gasteiger partial charge >= 0.3 is 0 Å². The Morgan fingerprint density at radius 2 is 1.89 bits per heavy atom. The van der Waals surface area contributed by atoms with Gasteiger partial charge in [0.05, 0.1) is 6.04 Å². The molecule has 1 amide bonds. The number of hydrogen-bond donors (Lipinski definition) is 2. The molecule has 5 nitrogen and oxygen atoms in total. The average molecular weight is 374 g/mol. The van der Waals surface area contributed by atoms with E-state index in [4.69, 9.17) is 0 Å². The Labute approximate surface area is 165 Å². The quantitative estimate of drug-likeness (QED) is 0.697. The molecule has 1 fully saturated rings. The summed E-state index contributed by atoms with van der Waals surface area (Å²) in [5, 5.41) is 9.05. The molecule has 3 aromatic rings. The van der Waals surface area contributed by atoms with Gasteiger partial charge in [-0.15, -0.1) is 0 Å². The van der Waals surface area contributed by atoms with Crippen molar-refractivity contribution in [3.05, 3.63) is 78.1 Å². The Balaban J connectivity index is 1.45. The lowest BCUT2D eigenvalue weighted by molar-refractivity contribution is -0.125. The van der Waals surface area contributed by atoms with Crippen LogP contribution in [0.4, 0.5) is 0 Å². The smallest absolute Gasteiger partial charge is 0.237 e. The van der Waals surface area contributed by atoms with Crippen LogP contribution in [0, 0.1) is 0 Å². The summed E-state index contributed by atoms with van der Waals surface area (Å²) in [6.07, 6.45) is 4.42. The first-order chi connectivity index (χ1) is 13.7. The van der Waals surface area contributed by atoms with Crippen LogP contribution >= 0.6 is 0 Å². The molecule has 1 aliphatic heterocycles. The highest BCUT2D eigenvalue weighted by molar-refractivity contribution is 5.85. The number of pyridine rings is 1. The molecule has 0 aliphatic carbocycles. The largest absolute Gasteiger partial charge is 0.358 e. The molecule has 28 heavy (non-hydrogen) atoms. The van der Waals surface area contributed by atoms with Gasteiger partial charge in [0.15, 0.2) is 0 Å². The fourth-order valence-electron chi connectivity index (χ4n) is 4.09. The van der Waals surface area contributed by atoms with E-state index < -0.39 is 0 Å². The summed E-state index contributed by atoms with van der Waals surface area (Å²) in [6.45, 7) is 2.41. The minimum Gasteiger partial charge on any atom is -0.358 e. The predicted molar refractivity (Wildman–Crippen MR) is 112 cm³/mol. The molecule has 5 heteroatoms. The zero-order valence-electron chi connectivity index (χ0n) is 16.1. The van der Waals surface area contributed by atoms with Crippen molar-refractivity contribution >= 4 is 16.7 Å². The van der Waals surface area contributed by atoms with Crippen LogP contribution in [-0.4, -0.2) is 41.5 Å². The van der Waals surface area contributed by atoms with Crippen LogP contribution in [-0.2, 0) is 17.9 Å². The van der Waals surface area contributed by atoms with Crippen LogP contribution in [0.25, 0.3) is 10.8 Å². The highest BCUT2D eigenvalue weighted by atomic mass is 16.2. The van der Waals surface area contributed by atoms with Crippen LogP contribution in [0.2, 0.25) is 0 Å². The third-order valence-corrected chi connectivity index (χ3v) is 5.55. The maximum atomic E-state index is 12.4. The van der Waals surface area contributed by atoms with Crippen molar-refractivity contribution in [3.63, 3.8) is 0 Å². The number of likely N-dealkylation sites (N-methyl/N-ethyl adjacent to an activating group) is 1. The summed E-state index contributed by atoms with van der Waals surface area (Å²) >= 11 is 0. The van der Waals surface area contributed by atoms with Gasteiger partial charge in [-0.1, -0.05) is 42.5 Å². The lowest BCUT2D eigenvalue weighted by Crippen LogP contribution is -2.41. The van der Waals surface area contributed by atoms with E-state index in [0.29, 0.717) is 0 Å². The number of likely N-dealkylation sites (tertiary alicyclic amines) is 1. The van der Waals surface area contributed by atoms with E-state index in [2.05, 4.69) is 63.0 Å². The number of carbonyl (C=O) groups is 1. The van der Waals surface area contributed by atoms with Gasteiger partial charge in [0, 0.05) is 45.1 Å². The number of amides is 1. The second kappa shape index (κ2) is 8.50. The second-order valence-corrected chi connectivity index (χ2v) is 7.37. The molecule has 2 N–H and O–H groups in total. The van der Waals surface area contributed by atoms with E-state index in [-0.39, 0.29) is 18.0 Å². The van der Waals surface area contributed by atoms with Crippen molar-refractivity contribution in [2.45, 2.75) is 31.6 Å². The average Bonchev–Trinajstić information content (AvgIpc) is 3.15. The monoisotopic (exact) mass is 374 g/mol. The van der Waals surface area contributed by atoms with Crippen LogP contribution in [0.15, 0.2) is 67.0 Å². The molecule has 2 aromatic carbocycles. The van der Waals surface area contributed by atoms with Crippen molar-refractivity contribution in [1.82, 2.24) is 20.5 Å². The summed E-state index contributed by atoms with van der Waals surface area (Å²) < 4.78 is 0. The van der Waals surface area contributed by atoms with E-state index >= 15 is 0 Å². The number of benzene rings is 2. The third-order valence-electron chi connectivity index (χ3n) is 5.55. The van der Waals surface area contributed by atoms with Gasteiger partial charge in [-0.05, 0) is 40.5 Å². The zero-order valence-corrected chi connectivity index (χ0v) is 16.1. The van der Waals surface area contributed by atoms with E-state index in [1.807, 2.05) is 12.1 Å². The zero-order chi connectivity index (χ0) is 19.3.